The van der Waals surface area contributed by atoms with Gasteiger partial charge in [-0.15, -0.1) is 0 Å². The summed E-state index contributed by atoms with van der Waals surface area (Å²) in [5.41, 5.74) is 1.86. The van der Waals surface area contributed by atoms with Gasteiger partial charge in [0.1, 0.15) is 6.04 Å². The molecule has 0 aliphatic rings. The van der Waals surface area contributed by atoms with Gasteiger partial charge in [0.15, 0.2) is 0 Å². The van der Waals surface area contributed by atoms with Crippen molar-refractivity contribution in [3.8, 4) is 0 Å². The molecule has 0 radical (unpaired) electrons. The van der Waals surface area contributed by atoms with Crippen LogP contribution in [0.15, 0.2) is 48.5 Å². The molecule has 0 saturated heterocycles. The molecule has 3 N–H and O–H groups in total. The van der Waals surface area contributed by atoms with Crippen LogP contribution >= 0.6 is 11.6 Å². The van der Waals surface area contributed by atoms with Gasteiger partial charge in [0.25, 0.3) is 11.8 Å². The molecule has 3 amide bonds. The van der Waals surface area contributed by atoms with Crippen LogP contribution in [-0.2, 0) is 11.3 Å². The average Bonchev–Trinajstić information content (AvgIpc) is 2.75. The first-order chi connectivity index (χ1) is 13.8. The molecular formula is C22H26ClN3O3. The Balaban J connectivity index is 2.02. The highest BCUT2D eigenvalue weighted by Gasteiger charge is 2.26. The molecule has 29 heavy (non-hydrogen) atoms. The van der Waals surface area contributed by atoms with Crippen molar-refractivity contribution in [2.75, 3.05) is 7.05 Å². The summed E-state index contributed by atoms with van der Waals surface area (Å²) in [5, 5.41) is 8.80. The van der Waals surface area contributed by atoms with Crippen LogP contribution in [0.3, 0.4) is 0 Å². The van der Waals surface area contributed by atoms with Gasteiger partial charge in [0.2, 0.25) is 5.91 Å². The minimum Gasteiger partial charge on any atom is -0.355 e. The minimum absolute atomic E-state index is 0.0399. The average molecular weight is 416 g/mol. The number of hydrogen-bond donors (Lipinski definition) is 3. The molecule has 6 nitrogen and oxygen atoms in total. The third-order valence-corrected chi connectivity index (χ3v) is 5.05. The fourth-order valence-electron chi connectivity index (χ4n) is 2.75. The van der Waals surface area contributed by atoms with Crippen LogP contribution in [0.5, 0.6) is 0 Å². The van der Waals surface area contributed by atoms with E-state index in [2.05, 4.69) is 16.0 Å². The molecular weight excluding hydrogens is 390 g/mol. The molecule has 0 fully saturated rings. The summed E-state index contributed by atoms with van der Waals surface area (Å²) < 4.78 is 0. The zero-order valence-corrected chi connectivity index (χ0v) is 17.5. The van der Waals surface area contributed by atoms with Crippen molar-refractivity contribution in [2.24, 2.45) is 5.92 Å². The summed E-state index contributed by atoms with van der Waals surface area (Å²) in [6, 6.07) is 12.8. The van der Waals surface area contributed by atoms with Gasteiger partial charge in [0, 0.05) is 29.7 Å². The molecule has 0 bridgehead atoms. The maximum absolute atomic E-state index is 12.7. The van der Waals surface area contributed by atoms with E-state index in [-0.39, 0.29) is 23.6 Å². The minimum atomic E-state index is -0.659. The highest BCUT2D eigenvalue weighted by atomic mass is 35.5. The first-order valence-electron chi connectivity index (χ1n) is 9.50. The van der Waals surface area contributed by atoms with Gasteiger partial charge in [0.05, 0.1) is 0 Å². The molecule has 154 valence electrons. The maximum Gasteiger partial charge on any atom is 0.251 e. The molecule has 0 spiro atoms. The van der Waals surface area contributed by atoms with Gasteiger partial charge in [-0.1, -0.05) is 44.0 Å². The lowest BCUT2D eigenvalue weighted by atomic mass is 9.97. The molecule has 0 aliphatic carbocycles. The Morgan fingerprint density at radius 2 is 1.48 bits per heavy atom. The quantitative estimate of drug-likeness (QED) is 0.618. The Labute approximate surface area is 176 Å². The van der Waals surface area contributed by atoms with Crippen molar-refractivity contribution in [2.45, 2.75) is 32.9 Å². The summed E-state index contributed by atoms with van der Waals surface area (Å²) in [7, 11) is 1.57. The van der Waals surface area contributed by atoms with Crippen LogP contribution in [0.25, 0.3) is 0 Å². The number of nitrogens with one attached hydrogen (secondary N) is 3. The van der Waals surface area contributed by atoms with E-state index in [1.54, 1.807) is 55.6 Å². The first-order valence-corrected chi connectivity index (χ1v) is 9.88. The van der Waals surface area contributed by atoms with E-state index in [0.29, 0.717) is 22.7 Å². The van der Waals surface area contributed by atoms with E-state index in [1.807, 2.05) is 13.8 Å². The van der Waals surface area contributed by atoms with Crippen molar-refractivity contribution in [3.05, 3.63) is 70.2 Å². The number of carbonyl (C=O) groups excluding carboxylic acids is 3. The summed E-state index contributed by atoms with van der Waals surface area (Å²) in [6.45, 7) is 4.19. The Morgan fingerprint density at radius 3 is 2.03 bits per heavy atom. The number of carbonyl (C=O) groups is 3. The lowest BCUT2D eigenvalue weighted by molar-refractivity contribution is -0.124. The lowest BCUT2D eigenvalue weighted by Crippen LogP contribution is -2.50. The monoisotopic (exact) mass is 415 g/mol. The van der Waals surface area contributed by atoms with Crippen LogP contribution < -0.4 is 16.0 Å². The third kappa shape index (κ3) is 6.32. The fourth-order valence-corrected chi connectivity index (χ4v) is 2.87. The second kappa shape index (κ2) is 10.6. The van der Waals surface area contributed by atoms with Crippen LogP contribution in [0.1, 0.15) is 46.5 Å². The van der Waals surface area contributed by atoms with Crippen molar-refractivity contribution in [1.82, 2.24) is 16.0 Å². The van der Waals surface area contributed by atoms with Crippen LogP contribution in [-0.4, -0.2) is 30.8 Å². The Morgan fingerprint density at radius 1 is 0.931 bits per heavy atom. The van der Waals surface area contributed by atoms with E-state index in [9.17, 15) is 14.4 Å². The second-order valence-electron chi connectivity index (χ2n) is 6.84. The predicted octanol–water partition coefficient (Wildman–Crippen LogP) is 3.16. The SMILES string of the molecule is CCC(C)C(NC(=O)c1ccc(Cl)cc1)C(=O)NCc1ccc(C(=O)NC)cc1. The van der Waals surface area contributed by atoms with Crippen molar-refractivity contribution in [3.63, 3.8) is 0 Å². The van der Waals surface area contributed by atoms with Gasteiger partial charge in [-0.3, -0.25) is 14.4 Å². The Kier molecular flexibility index (Phi) is 8.21. The Hall–Kier alpha value is -2.86. The van der Waals surface area contributed by atoms with E-state index in [4.69, 9.17) is 11.6 Å². The van der Waals surface area contributed by atoms with Crippen LogP contribution in [0.4, 0.5) is 0 Å². The summed E-state index contributed by atoms with van der Waals surface area (Å²) in [5.74, 6) is -0.779. The first kappa shape index (κ1) is 22.4. The molecule has 0 aliphatic heterocycles. The molecule has 0 saturated carbocycles. The molecule has 7 heteroatoms. The standard InChI is InChI=1S/C22H26ClN3O3/c1-4-14(2)19(26-21(28)17-9-11-18(23)12-10-17)22(29)25-13-15-5-7-16(8-6-15)20(27)24-3/h5-12,14,19H,4,13H2,1-3H3,(H,24,27)(H,25,29)(H,26,28). The van der Waals surface area contributed by atoms with Crippen molar-refractivity contribution >= 4 is 29.3 Å². The molecule has 0 heterocycles. The predicted molar refractivity (Wildman–Crippen MR) is 114 cm³/mol. The van der Waals surface area contributed by atoms with Crippen molar-refractivity contribution in [1.29, 1.82) is 0 Å². The van der Waals surface area contributed by atoms with E-state index < -0.39 is 6.04 Å². The van der Waals surface area contributed by atoms with E-state index in [0.717, 1.165) is 12.0 Å². The number of halogens is 1. The highest BCUT2D eigenvalue weighted by molar-refractivity contribution is 6.30. The molecule has 2 aromatic rings. The van der Waals surface area contributed by atoms with Crippen LogP contribution in [0, 0.1) is 5.92 Å². The molecule has 2 atom stereocenters. The molecule has 2 unspecified atom stereocenters. The zero-order valence-electron chi connectivity index (χ0n) is 16.8. The molecule has 0 aromatic heterocycles. The zero-order chi connectivity index (χ0) is 21.4. The van der Waals surface area contributed by atoms with Gasteiger partial charge in [-0.25, -0.2) is 0 Å². The number of rotatable bonds is 8. The van der Waals surface area contributed by atoms with Gasteiger partial charge >= 0.3 is 0 Å². The number of benzene rings is 2. The van der Waals surface area contributed by atoms with Crippen molar-refractivity contribution < 1.29 is 14.4 Å². The summed E-state index contributed by atoms with van der Waals surface area (Å²) >= 11 is 5.86. The number of hydrogen-bond acceptors (Lipinski definition) is 3. The number of amides is 3. The second-order valence-corrected chi connectivity index (χ2v) is 7.27. The fraction of sp³-hybridized carbons (Fsp3) is 0.318. The third-order valence-electron chi connectivity index (χ3n) is 4.80. The summed E-state index contributed by atoms with van der Waals surface area (Å²) in [4.78, 5) is 36.9. The van der Waals surface area contributed by atoms with Gasteiger partial charge < -0.3 is 16.0 Å². The van der Waals surface area contributed by atoms with Crippen LogP contribution in [0.2, 0.25) is 5.02 Å². The topological polar surface area (TPSA) is 87.3 Å². The summed E-state index contributed by atoms with van der Waals surface area (Å²) in [6.07, 6.45) is 0.736. The Bertz CT molecular complexity index is 851. The van der Waals surface area contributed by atoms with Gasteiger partial charge in [-0.05, 0) is 47.9 Å². The van der Waals surface area contributed by atoms with E-state index in [1.165, 1.54) is 0 Å². The maximum atomic E-state index is 12.7. The normalized spacial score (nSPS) is 12.6. The lowest BCUT2D eigenvalue weighted by Gasteiger charge is -2.23. The largest absolute Gasteiger partial charge is 0.355 e. The smallest absolute Gasteiger partial charge is 0.251 e. The molecule has 2 aromatic carbocycles. The van der Waals surface area contributed by atoms with E-state index >= 15 is 0 Å². The highest BCUT2D eigenvalue weighted by Crippen LogP contribution is 2.13. The van der Waals surface area contributed by atoms with Gasteiger partial charge in [-0.2, -0.15) is 0 Å². The molecule has 2 rings (SSSR count).